The smallest absolute Gasteiger partial charge is 0.335 e. The second kappa shape index (κ2) is 11.8. The predicted molar refractivity (Wildman–Crippen MR) is 156 cm³/mol. The third kappa shape index (κ3) is 5.41. The number of benzene rings is 3. The van der Waals surface area contributed by atoms with E-state index < -0.39 is 23.0 Å². The molecule has 0 spiro atoms. The average molecular weight is 591 g/mol. The highest BCUT2D eigenvalue weighted by molar-refractivity contribution is 6.32. The summed E-state index contributed by atoms with van der Waals surface area (Å²) in [6, 6.07) is 14.6. The van der Waals surface area contributed by atoms with Gasteiger partial charge in [-0.15, -0.1) is 0 Å². The van der Waals surface area contributed by atoms with Crippen LogP contribution < -0.4 is 30.8 Å². The quantitative estimate of drug-likeness (QED) is 0.257. The number of nitrogens with one attached hydrogen (secondary N) is 1. The van der Waals surface area contributed by atoms with E-state index >= 15 is 0 Å². The number of rotatable bonds is 8. The van der Waals surface area contributed by atoms with E-state index in [1.807, 2.05) is 0 Å². The summed E-state index contributed by atoms with van der Waals surface area (Å²) in [7, 11) is 3.06. The van der Waals surface area contributed by atoms with E-state index in [0.29, 0.717) is 33.9 Å². The number of amides is 1. The van der Waals surface area contributed by atoms with Crippen LogP contribution >= 0.6 is 11.6 Å². The van der Waals surface area contributed by atoms with Crippen molar-refractivity contribution in [2.75, 3.05) is 19.5 Å². The third-order valence-corrected chi connectivity index (χ3v) is 6.74. The Balaban J connectivity index is 1.44. The van der Waals surface area contributed by atoms with Gasteiger partial charge in [-0.2, -0.15) is 0 Å². The van der Waals surface area contributed by atoms with Gasteiger partial charge in [-0.3, -0.25) is 19.1 Å². The van der Waals surface area contributed by atoms with Crippen LogP contribution in [0.5, 0.6) is 23.0 Å². The van der Waals surface area contributed by atoms with Gasteiger partial charge in [-0.1, -0.05) is 11.6 Å². The molecule has 0 bridgehead atoms. The molecule has 5 rings (SSSR count). The number of halogens is 2. The number of hydrogen-bond acceptors (Lipinski definition) is 7. The summed E-state index contributed by atoms with van der Waals surface area (Å²) in [5.41, 5.74) is -0.765. The van der Waals surface area contributed by atoms with Crippen molar-refractivity contribution in [3.63, 3.8) is 0 Å². The van der Waals surface area contributed by atoms with Crippen LogP contribution in [0.2, 0.25) is 5.02 Å². The van der Waals surface area contributed by atoms with Crippen molar-refractivity contribution < 1.29 is 23.4 Å². The van der Waals surface area contributed by atoms with Crippen LogP contribution in [0.3, 0.4) is 0 Å². The Bertz CT molecular complexity index is 1940. The van der Waals surface area contributed by atoms with Gasteiger partial charge >= 0.3 is 5.69 Å². The Labute approximate surface area is 243 Å². The first-order chi connectivity index (χ1) is 20.2. The lowest BCUT2D eigenvalue weighted by Gasteiger charge is -2.14. The van der Waals surface area contributed by atoms with Crippen LogP contribution in [0.25, 0.3) is 16.6 Å². The highest BCUT2D eigenvalue weighted by Gasteiger charge is 2.19. The van der Waals surface area contributed by atoms with Gasteiger partial charge in [0.1, 0.15) is 22.9 Å². The Morgan fingerprint density at radius 2 is 1.67 bits per heavy atom. The summed E-state index contributed by atoms with van der Waals surface area (Å²) in [6.07, 6.45) is 2.78. The largest absolute Gasteiger partial charge is 0.493 e. The molecule has 42 heavy (non-hydrogen) atoms. The van der Waals surface area contributed by atoms with Crippen molar-refractivity contribution in [3.05, 3.63) is 110 Å². The number of hydrogen-bond donors (Lipinski definition) is 1. The number of ether oxygens (including phenoxy) is 3. The minimum absolute atomic E-state index is 0.132. The fourth-order valence-corrected chi connectivity index (χ4v) is 4.54. The fourth-order valence-electron chi connectivity index (χ4n) is 4.32. The first kappa shape index (κ1) is 28.4. The molecule has 5 aromatic rings. The van der Waals surface area contributed by atoms with Crippen molar-refractivity contribution >= 4 is 34.1 Å². The molecule has 0 saturated heterocycles. The molecule has 1 N–H and O–H groups in total. The topological polar surface area (TPSA) is 114 Å². The first-order valence-corrected chi connectivity index (χ1v) is 13.0. The lowest BCUT2D eigenvalue weighted by Crippen LogP contribution is -2.42. The Morgan fingerprint density at radius 1 is 0.952 bits per heavy atom. The number of anilines is 1. The zero-order valence-electron chi connectivity index (χ0n) is 22.7. The van der Waals surface area contributed by atoms with Crippen molar-refractivity contribution in [3.8, 4) is 28.7 Å². The Morgan fingerprint density at radius 3 is 2.33 bits per heavy atom. The number of fused-ring (bicyclic) bond motifs is 1. The third-order valence-electron chi connectivity index (χ3n) is 6.44. The molecule has 1 amide bonds. The summed E-state index contributed by atoms with van der Waals surface area (Å²) < 4.78 is 32.3. The lowest BCUT2D eigenvalue weighted by atomic mass is 10.2. The number of carbonyl (C=O) groups excluding carboxylic acids is 1. The molecule has 0 radical (unpaired) electrons. The monoisotopic (exact) mass is 590 g/mol. The maximum atomic E-state index is 13.4. The molecule has 2 heterocycles. The summed E-state index contributed by atoms with van der Waals surface area (Å²) in [5.74, 6) is 0.492. The minimum Gasteiger partial charge on any atom is -0.493 e. The van der Waals surface area contributed by atoms with E-state index in [-0.39, 0.29) is 28.5 Å². The second-order valence-electron chi connectivity index (χ2n) is 8.96. The van der Waals surface area contributed by atoms with Crippen molar-refractivity contribution in [1.29, 1.82) is 0 Å². The van der Waals surface area contributed by atoms with E-state index in [0.717, 1.165) is 16.7 Å². The molecule has 214 valence electrons. The van der Waals surface area contributed by atoms with E-state index in [4.69, 9.17) is 25.8 Å². The molecule has 0 fully saturated rings. The molecule has 0 atom stereocenters. The van der Waals surface area contributed by atoms with Gasteiger partial charge in [0, 0.05) is 36.1 Å². The highest BCUT2D eigenvalue weighted by Crippen LogP contribution is 2.38. The minimum atomic E-state index is -0.850. The first-order valence-electron chi connectivity index (χ1n) is 12.7. The standard InChI is InChI=1S/C30H24ClFN4O6/c1-4-35-16-21(29(38)36(30(35)39)19-8-5-17(32)6-9-19)28(37)34-18-7-10-25(22(31)13-18)42-24-11-12-33-23-15-27(41-3)26(40-2)14-20(23)24/h5-16H,4H2,1-3H3,(H,34,37). The molecule has 3 aromatic carbocycles. The van der Waals surface area contributed by atoms with Crippen LogP contribution in [0, 0.1) is 5.82 Å². The summed E-state index contributed by atoms with van der Waals surface area (Å²) >= 11 is 6.51. The van der Waals surface area contributed by atoms with Gasteiger partial charge in [0.05, 0.1) is 30.4 Å². The molecule has 0 saturated carbocycles. The van der Waals surface area contributed by atoms with E-state index in [1.165, 1.54) is 43.2 Å². The summed E-state index contributed by atoms with van der Waals surface area (Å²) in [5, 5.41) is 3.48. The predicted octanol–water partition coefficient (Wildman–Crippen LogP) is 5.42. The molecular weight excluding hydrogens is 567 g/mol. The second-order valence-corrected chi connectivity index (χ2v) is 9.37. The lowest BCUT2D eigenvalue weighted by molar-refractivity contribution is 0.102. The van der Waals surface area contributed by atoms with Crippen molar-refractivity contribution in [1.82, 2.24) is 14.1 Å². The van der Waals surface area contributed by atoms with Gasteiger partial charge in [-0.05, 0) is 61.5 Å². The van der Waals surface area contributed by atoms with Crippen LogP contribution in [0.15, 0.2) is 82.6 Å². The van der Waals surface area contributed by atoms with E-state index in [2.05, 4.69) is 10.3 Å². The fraction of sp³-hybridized carbons (Fsp3) is 0.133. The van der Waals surface area contributed by atoms with Crippen molar-refractivity contribution in [2.24, 2.45) is 0 Å². The van der Waals surface area contributed by atoms with Gasteiger partial charge in [0.15, 0.2) is 11.5 Å². The van der Waals surface area contributed by atoms with E-state index in [1.54, 1.807) is 43.5 Å². The molecule has 0 aliphatic carbocycles. The molecule has 2 aromatic heterocycles. The number of nitrogens with zero attached hydrogens (tertiary/aromatic N) is 3. The molecule has 10 nitrogen and oxygen atoms in total. The van der Waals surface area contributed by atoms with Gasteiger partial charge in [-0.25, -0.2) is 13.8 Å². The number of aromatic nitrogens is 3. The zero-order valence-corrected chi connectivity index (χ0v) is 23.4. The maximum Gasteiger partial charge on any atom is 0.335 e. The van der Waals surface area contributed by atoms with Gasteiger partial charge in [0.2, 0.25) is 0 Å². The highest BCUT2D eigenvalue weighted by atomic mass is 35.5. The van der Waals surface area contributed by atoms with Crippen LogP contribution in [-0.2, 0) is 6.54 Å². The molecule has 0 unspecified atom stereocenters. The average Bonchev–Trinajstić information content (AvgIpc) is 2.99. The van der Waals surface area contributed by atoms with Crippen LogP contribution in [-0.4, -0.2) is 34.2 Å². The number of pyridine rings is 1. The maximum absolute atomic E-state index is 13.4. The molecule has 12 heteroatoms. The van der Waals surface area contributed by atoms with Crippen LogP contribution in [0.4, 0.5) is 10.1 Å². The zero-order chi connectivity index (χ0) is 30.0. The molecular formula is C30H24ClFN4O6. The van der Waals surface area contributed by atoms with Crippen LogP contribution in [0.1, 0.15) is 17.3 Å². The SMILES string of the molecule is CCn1cc(C(=O)Nc2ccc(Oc3ccnc4cc(OC)c(OC)cc34)c(Cl)c2)c(=O)n(-c2ccc(F)cc2)c1=O. The van der Waals surface area contributed by atoms with Gasteiger partial charge in [0.25, 0.3) is 11.5 Å². The normalized spacial score (nSPS) is 10.9. The van der Waals surface area contributed by atoms with E-state index in [9.17, 15) is 18.8 Å². The van der Waals surface area contributed by atoms with Crippen molar-refractivity contribution in [2.45, 2.75) is 13.5 Å². The molecule has 0 aliphatic rings. The summed E-state index contributed by atoms with van der Waals surface area (Å²) in [6.45, 7) is 1.89. The number of aryl methyl sites for hydroxylation is 1. The Hall–Kier alpha value is -5.16. The Kier molecular flexibility index (Phi) is 7.94. The number of carbonyl (C=O) groups is 1. The van der Waals surface area contributed by atoms with Gasteiger partial charge < -0.3 is 19.5 Å². The number of methoxy groups -OCH3 is 2. The summed E-state index contributed by atoms with van der Waals surface area (Å²) in [4.78, 5) is 43.6. The molecule has 0 aliphatic heterocycles.